The van der Waals surface area contributed by atoms with Gasteiger partial charge in [-0.2, -0.15) is 0 Å². The molecule has 0 saturated heterocycles. The van der Waals surface area contributed by atoms with Crippen molar-refractivity contribution in [3.8, 4) is 0 Å². The van der Waals surface area contributed by atoms with E-state index in [4.69, 9.17) is 0 Å². The van der Waals surface area contributed by atoms with Crippen molar-refractivity contribution in [3.63, 3.8) is 0 Å². The maximum Gasteiger partial charge on any atom is 0.332 e. The molecular formula is C24H30N4O3. The van der Waals surface area contributed by atoms with E-state index in [2.05, 4.69) is 57.1 Å². The lowest BCUT2D eigenvalue weighted by Gasteiger charge is -2.22. The minimum absolute atomic E-state index is 0.0892. The Morgan fingerprint density at radius 1 is 1.03 bits per heavy atom. The summed E-state index contributed by atoms with van der Waals surface area (Å²) in [4.78, 5) is 41.3. The van der Waals surface area contributed by atoms with Gasteiger partial charge in [0.2, 0.25) is 0 Å². The number of pyridine rings is 1. The average molecular weight is 423 g/mol. The molecule has 1 aromatic carbocycles. The standard InChI is InChI=1S/C24H30N4O3/c1-14-10-17(24(3,4)5)11-15(2)18(14)8-9-25-21(29)16-12-19-20(26-13-16)27(6)23(31)28(7)22(19)30/h10-13H,8-9H2,1-7H3,(H,25,29). The molecule has 31 heavy (non-hydrogen) atoms. The molecule has 0 unspecified atom stereocenters. The number of rotatable bonds is 4. The van der Waals surface area contributed by atoms with Crippen molar-refractivity contribution in [2.45, 2.75) is 46.5 Å². The van der Waals surface area contributed by atoms with Gasteiger partial charge >= 0.3 is 5.69 Å². The number of aryl methyl sites for hydroxylation is 3. The van der Waals surface area contributed by atoms with E-state index < -0.39 is 11.2 Å². The number of fused-ring (bicyclic) bond motifs is 1. The van der Waals surface area contributed by atoms with Gasteiger partial charge < -0.3 is 5.32 Å². The van der Waals surface area contributed by atoms with Crippen molar-refractivity contribution in [2.75, 3.05) is 6.54 Å². The third-order valence-electron chi connectivity index (χ3n) is 5.78. The van der Waals surface area contributed by atoms with Crippen LogP contribution in [0.4, 0.5) is 0 Å². The van der Waals surface area contributed by atoms with Crippen molar-refractivity contribution >= 4 is 16.9 Å². The van der Waals surface area contributed by atoms with Gasteiger partial charge in [0.05, 0.1) is 10.9 Å². The molecule has 0 aliphatic heterocycles. The summed E-state index contributed by atoms with van der Waals surface area (Å²) in [7, 11) is 2.96. The monoisotopic (exact) mass is 422 g/mol. The summed E-state index contributed by atoms with van der Waals surface area (Å²) in [6.07, 6.45) is 2.11. The van der Waals surface area contributed by atoms with Crippen LogP contribution in [0.3, 0.4) is 0 Å². The summed E-state index contributed by atoms with van der Waals surface area (Å²) >= 11 is 0. The van der Waals surface area contributed by atoms with E-state index in [0.717, 1.165) is 4.57 Å². The van der Waals surface area contributed by atoms with E-state index in [1.807, 2.05) is 0 Å². The van der Waals surface area contributed by atoms with Crippen LogP contribution in [0.1, 0.15) is 53.4 Å². The lowest BCUT2D eigenvalue weighted by Crippen LogP contribution is -2.37. The Hall–Kier alpha value is -3.22. The van der Waals surface area contributed by atoms with Crippen LogP contribution < -0.4 is 16.6 Å². The normalized spacial score (nSPS) is 11.7. The lowest BCUT2D eigenvalue weighted by molar-refractivity contribution is 0.0954. The zero-order chi connectivity index (χ0) is 23.1. The first-order valence-electron chi connectivity index (χ1n) is 10.4. The van der Waals surface area contributed by atoms with E-state index in [1.165, 1.54) is 46.1 Å². The molecule has 3 rings (SSSR count). The number of hydrogen-bond acceptors (Lipinski definition) is 4. The fourth-order valence-corrected chi connectivity index (χ4v) is 3.81. The van der Waals surface area contributed by atoms with Gasteiger partial charge in [-0.15, -0.1) is 0 Å². The van der Waals surface area contributed by atoms with Crippen LogP contribution in [-0.2, 0) is 25.9 Å². The van der Waals surface area contributed by atoms with Crippen LogP contribution in [0.25, 0.3) is 11.0 Å². The van der Waals surface area contributed by atoms with Crippen LogP contribution in [0.5, 0.6) is 0 Å². The van der Waals surface area contributed by atoms with E-state index in [-0.39, 0.29) is 22.4 Å². The minimum Gasteiger partial charge on any atom is -0.352 e. The maximum atomic E-state index is 12.7. The Morgan fingerprint density at radius 2 is 1.65 bits per heavy atom. The highest BCUT2D eigenvalue weighted by Gasteiger charge is 2.17. The number of aromatic nitrogens is 3. The number of benzene rings is 1. The summed E-state index contributed by atoms with van der Waals surface area (Å²) < 4.78 is 2.31. The van der Waals surface area contributed by atoms with Gasteiger partial charge in [0.15, 0.2) is 0 Å². The van der Waals surface area contributed by atoms with Crippen molar-refractivity contribution < 1.29 is 4.79 Å². The molecule has 1 N–H and O–H groups in total. The topological polar surface area (TPSA) is 86.0 Å². The first kappa shape index (κ1) is 22.5. The van der Waals surface area contributed by atoms with Crippen LogP contribution in [-0.4, -0.2) is 26.6 Å². The summed E-state index contributed by atoms with van der Waals surface area (Å²) in [6, 6.07) is 5.93. The molecule has 1 amide bonds. The maximum absolute atomic E-state index is 12.7. The van der Waals surface area contributed by atoms with Gasteiger partial charge in [-0.3, -0.25) is 18.7 Å². The van der Waals surface area contributed by atoms with Gasteiger partial charge in [0, 0.05) is 26.8 Å². The Kier molecular flexibility index (Phi) is 5.89. The van der Waals surface area contributed by atoms with Gasteiger partial charge in [-0.1, -0.05) is 32.9 Å². The predicted molar refractivity (Wildman–Crippen MR) is 123 cm³/mol. The first-order valence-corrected chi connectivity index (χ1v) is 10.4. The lowest BCUT2D eigenvalue weighted by atomic mass is 9.83. The second-order valence-corrected chi connectivity index (χ2v) is 9.15. The molecule has 7 nitrogen and oxygen atoms in total. The third kappa shape index (κ3) is 4.31. The number of amides is 1. The van der Waals surface area contributed by atoms with E-state index in [9.17, 15) is 14.4 Å². The van der Waals surface area contributed by atoms with Crippen LogP contribution in [0, 0.1) is 13.8 Å². The molecule has 2 aromatic heterocycles. The second kappa shape index (κ2) is 8.13. The van der Waals surface area contributed by atoms with Crippen molar-refractivity contribution in [1.29, 1.82) is 0 Å². The van der Waals surface area contributed by atoms with E-state index in [0.29, 0.717) is 18.5 Å². The highest BCUT2D eigenvalue weighted by atomic mass is 16.2. The number of nitrogens with one attached hydrogen (secondary N) is 1. The highest BCUT2D eigenvalue weighted by molar-refractivity contribution is 5.96. The number of hydrogen-bond donors (Lipinski definition) is 1. The zero-order valence-corrected chi connectivity index (χ0v) is 19.3. The van der Waals surface area contributed by atoms with Crippen LogP contribution in [0.2, 0.25) is 0 Å². The smallest absolute Gasteiger partial charge is 0.332 e. The van der Waals surface area contributed by atoms with E-state index >= 15 is 0 Å². The molecule has 0 aliphatic carbocycles. The fraction of sp³-hybridized carbons (Fsp3) is 0.417. The predicted octanol–water partition coefficient (Wildman–Crippen LogP) is 2.52. The SMILES string of the molecule is Cc1cc(C(C)(C)C)cc(C)c1CCNC(=O)c1cnc2c(c1)c(=O)n(C)c(=O)n2C. The molecule has 0 atom stereocenters. The molecular weight excluding hydrogens is 392 g/mol. The molecule has 3 aromatic rings. The second-order valence-electron chi connectivity index (χ2n) is 9.15. The first-order chi connectivity index (χ1) is 14.4. The van der Waals surface area contributed by atoms with Gasteiger partial charge in [-0.25, -0.2) is 9.78 Å². The van der Waals surface area contributed by atoms with Crippen LogP contribution >= 0.6 is 0 Å². The summed E-state index contributed by atoms with van der Waals surface area (Å²) in [5.41, 5.74) is 4.69. The molecule has 0 radical (unpaired) electrons. The molecule has 2 heterocycles. The zero-order valence-electron chi connectivity index (χ0n) is 19.3. The molecule has 0 aliphatic rings. The molecule has 0 bridgehead atoms. The fourth-order valence-electron chi connectivity index (χ4n) is 3.81. The molecule has 0 saturated carbocycles. The van der Waals surface area contributed by atoms with Gasteiger partial charge in [0.25, 0.3) is 11.5 Å². The number of carbonyl (C=O) groups is 1. The van der Waals surface area contributed by atoms with Crippen LogP contribution in [0.15, 0.2) is 34.0 Å². The molecule has 0 spiro atoms. The summed E-state index contributed by atoms with van der Waals surface area (Å²) in [5, 5.41) is 3.15. The van der Waals surface area contributed by atoms with Gasteiger partial charge in [-0.05, 0) is 54.0 Å². The Labute approximate surface area is 181 Å². The van der Waals surface area contributed by atoms with Crippen molar-refractivity contribution in [2.24, 2.45) is 14.1 Å². The third-order valence-corrected chi connectivity index (χ3v) is 5.78. The van der Waals surface area contributed by atoms with Crippen molar-refractivity contribution in [1.82, 2.24) is 19.4 Å². The minimum atomic E-state index is -0.467. The summed E-state index contributed by atoms with van der Waals surface area (Å²) in [6.45, 7) is 11.3. The Balaban J connectivity index is 1.78. The largest absolute Gasteiger partial charge is 0.352 e. The van der Waals surface area contributed by atoms with Crippen molar-refractivity contribution in [3.05, 3.63) is 73.1 Å². The van der Waals surface area contributed by atoms with Gasteiger partial charge in [0.1, 0.15) is 5.65 Å². The molecule has 0 fully saturated rings. The molecule has 7 heteroatoms. The number of carbonyl (C=O) groups excluding carboxylic acids is 1. The Bertz CT molecular complexity index is 1270. The Morgan fingerprint density at radius 3 is 2.23 bits per heavy atom. The average Bonchev–Trinajstić information content (AvgIpc) is 2.71. The highest BCUT2D eigenvalue weighted by Crippen LogP contribution is 2.27. The summed E-state index contributed by atoms with van der Waals surface area (Å²) in [5.74, 6) is -0.299. The quantitative estimate of drug-likeness (QED) is 0.700. The van der Waals surface area contributed by atoms with E-state index in [1.54, 1.807) is 7.05 Å². The number of nitrogens with zero attached hydrogens (tertiary/aromatic N) is 3. The molecule has 164 valence electrons.